The van der Waals surface area contributed by atoms with E-state index in [-0.39, 0.29) is 0 Å². The van der Waals surface area contributed by atoms with Crippen molar-refractivity contribution in [3.63, 3.8) is 0 Å². The topological polar surface area (TPSA) is 28.7 Å². The second-order valence-electron chi connectivity index (χ2n) is 5.03. The fourth-order valence-corrected chi connectivity index (χ4v) is 3.11. The smallest absolute Gasteiger partial charge is 0.166 e. The Labute approximate surface area is 120 Å². The Bertz CT molecular complexity index is 445. The Balaban J connectivity index is 1.60. The first-order valence-electron chi connectivity index (χ1n) is 7.47. The van der Waals surface area contributed by atoms with Crippen molar-refractivity contribution in [3.8, 4) is 0 Å². The van der Waals surface area contributed by atoms with Crippen LogP contribution in [-0.4, -0.2) is 15.7 Å². The number of aromatic amines is 1. The molecule has 1 aromatic carbocycles. The van der Waals surface area contributed by atoms with Crippen molar-refractivity contribution in [3.05, 3.63) is 24.3 Å². The molecule has 2 nitrogen and oxygen atoms in total. The molecule has 0 saturated carbocycles. The highest BCUT2D eigenvalue weighted by molar-refractivity contribution is 7.99. The summed E-state index contributed by atoms with van der Waals surface area (Å²) in [6.07, 6.45) is 9.59. The van der Waals surface area contributed by atoms with Gasteiger partial charge in [0, 0.05) is 5.75 Å². The van der Waals surface area contributed by atoms with Crippen LogP contribution < -0.4 is 0 Å². The van der Waals surface area contributed by atoms with Gasteiger partial charge in [-0.15, -0.1) is 0 Å². The normalized spacial score (nSPS) is 11.2. The van der Waals surface area contributed by atoms with Crippen LogP contribution in [0.5, 0.6) is 0 Å². The summed E-state index contributed by atoms with van der Waals surface area (Å²) in [6.45, 7) is 2.27. The molecule has 0 aliphatic rings. The Morgan fingerprint density at radius 3 is 2.53 bits per heavy atom. The Hall–Kier alpha value is -0.960. The minimum Gasteiger partial charge on any atom is -0.333 e. The molecule has 1 heterocycles. The fourth-order valence-electron chi connectivity index (χ4n) is 2.23. The average molecular weight is 276 g/mol. The minimum atomic E-state index is 1.06. The van der Waals surface area contributed by atoms with E-state index in [2.05, 4.69) is 29.0 Å². The highest BCUT2D eigenvalue weighted by Crippen LogP contribution is 2.20. The van der Waals surface area contributed by atoms with Crippen molar-refractivity contribution >= 4 is 22.8 Å². The van der Waals surface area contributed by atoms with Gasteiger partial charge < -0.3 is 4.98 Å². The third kappa shape index (κ3) is 4.90. The number of fused-ring (bicyclic) bond motifs is 1. The molecule has 104 valence electrons. The highest BCUT2D eigenvalue weighted by Gasteiger charge is 2.01. The summed E-state index contributed by atoms with van der Waals surface area (Å²) < 4.78 is 0. The largest absolute Gasteiger partial charge is 0.333 e. The molecule has 1 aromatic heterocycles. The van der Waals surface area contributed by atoms with Crippen molar-refractivity contribution in [1.82, 2.24) is 9.97 Å². The molecule has 3 heteroatoms. The van der Waals surface area contributed by atoms with Crippen LogP contribution in [0.3, 0.4) is 0 Å². The number of rotatable bonds is 9. The number of hydrogen-bond acceptors (Lipinski definition) is 2. The van der Waals surface area contributed by atoms with E-state index in [9.17, 15) is 0 Å². The summed E-state index contributed by atoms with van der Waals surface area (Å²) in [4.78, 5) is 7.94. The minimum absolute atomic E-state index is 1.06. The third-order valence-electron chi connectivity index (χ3n) is 3.35. The van der Waals surface area contributed by atoms with Gasteiger partial charge in [-0.05, 0) is 18.6 Å². The summed E-state index contributed by atoms with van der Waals surface area (Å²) >= 11 is 1.85. The van der Waals surface area contributed by atoms with E-state index in [0.717, 1.165) is 16.2 Å². The molecule has 0 unspecified atom stereocenters. The standard InChI is InChI=1S/C16H24N2S/c1-2-3-4-5-6-7-10-13-19-16-17-14-11-8-9-12-15(14)18-16/h8-9,11-12H,2-7,10,13H2,1H3,(H,17,18). The van der Waals surface area contributed by atoms with E-state index < -0.39 is 0 Å². The number of unbranched alkanes of at least 4 members (excludes halogenated alkanes) is 6. The second-order valence-corrected chi connectivity index (χ2v) is 6.11. The zero-order valence-corrected chi connectivity index (χ0v) is 12.6. The van der Waals surface area contributed by atoms with E-state index in [0.29, 0.717) is 0 Å². The fraction of sp³-hybridized carbons (Fsp3) is 0.562. The second kappa shape index (κ2) is 8.26. The highest BCUT2D eigenvalue weighted by atomic mass is 32.2. The maximum absolute atomic E-state index is 4.58. The molecule has 0 bridgehead atoms. The van der Waals surface area contributed by atoms with Gasteiger partial charge in [-0.25, -0.2) is 4.98 Å². The first-order valence-corrected chi connectivity index (χ1v) is 8.46. The number of para-hydroxylation sites is 2. The van der Waals surface area contributed by atoms with Gasteiger partial charge >= 0.3 is 0 Å². The number of aromatic nitrogens is 2. The quantitative estimate of drug-likeness (QED) is 0.490. The number of H-pyrrole nitrogens is 1. The molecule has 19 heavy (non-hydrogen) atoms. The van der Waals surface area contributed by atoms with Crippen LogP contribution in [0.25, 0.3) is 11.0 Å². The Kier molecular flexibility index (Phi) is 6.28. The summed E-state index contributed by atoms with van der Waals surface area (Å²) in [5, 5.41) is 1.06. The van der Waals surface area contributed by atoms with Gasteiger partial charge in [-0.2, -0.15) is 0 Å². The van der Waals surface area contributed by atoms with E-state index in [1.807, 2.05) is 23.9 Å². The van der Waals surface area contributed by atoms with Crippen molar-refractivity contribution in [2.24, 2.45) is 0 Å². The van der Waals surface area contributed by atoms with Gasteiger partial charge in [-0.1, -0.05) is 69.3 Å². The summed E-state index contributed by atoms with van der Waals surface area (Å²) in [6, 6.07) is 8.23. The summed E-state index contributed by atoms with van der Waals surface area (Å²) in [5.74, 6) is 1.17. The molecule has 0 fully saturated rings. The lowest BCUT2D eigenvalue weighted by molar-refractivity contribution is 0.603. The zero-order valence-electron chi connectivity index (χ0n) is 11.8. The van der Waals surface area contributed by atoms with Gasteiger partial charge in [0.05, 0.1) is 11.0 Å². The van der Waals surface area contributed by atoms with Crippen LogP contribution in [0.4, 0.5) is 0 Å². The van der Waals surface area contributed by atoms with Gasteiger partial charge in [-0.3, -0.25) is 0 Å². The maximum atomic E-state index is 4.58. The number of nitrogens with zero attached hydrogens (tertiary/aromatic N) is 1. The molecule has 2 rings (SSSR count). The number of nitrogens with one attached hydrogen (secondary N) is 1. The molecule has 0 spiro atoms. The van der Waals surface area contributed by atoms with Gasteiger partial charge in [0.2, 0.25) is 0 Å². The van der Waals surface area contributed by atoms with Crippen LogP contribution in [0.15, 0.2) is 29.4 Å². The lowest BCUT2D eigenvalue weighted by Crippen LogP contribution is -1.84. The lowest BCUT2D eigenvalue weighted by Gasteiger charge is -2.00. The molecular formula is C16H24N2S. The first kappa shape index (κ1) is 14.4. The van der Waals surface area contributed by atoms with Crippen molar-refractivity contribution in [2.75, 3.05) is 5.75 Å². The van der Waals surface area contributed by atoms with E-state index in [4.69, 9.17) is 0 Å². The number of hydrogen-bond donors (Lipinski definition) is 1. The predicted molar refractivity (Wildman–Crippen MR) is 84.8 cm³/mol. The molecule has 0 amide bonds. The molecule has 0 radical (unpaired) electrons. The summed E-state index contributed by atoms with van der Waals surface area (Å²) in [7, 11) is 0. The van der Waals surface area contributed by atoms with E-state index >= 15 is 0 Å². The third-order valence-corrected chi connectivity index (χ3v) is 4.31. The molecular weight excluding hydrogens is 252 g/mol. The van der Waals surface area contributed by atoms with Crippen molar-refractivity contribution in [1.29, 1.82) is 0 Å². The average Bonchev–Trinajstić information content (AvgIpc) is 2.84. The van der Waals surface area contributed by atoms with Gasteiger partial charge in [0.25, 0.3) is 0 Å². The molecule has 0 saturated heterocycles. The number of benzene rings is 1. The predicted octanol–water partition coefficient (Wildman–Crippen LogP) is 5.41. The van der Waals surface area contributed by atoms with Crippen LogP contribution in [-0.2, 0) is 0 Å². The lowest BCUT2D eigenvalue weighted by atomic mass is 10.1. The maximum Gasteiger partial charge on any atom is 0.166 e. The van der Waals surface area contributed by atoms with E-state index in [1.54, 1.807) is 0 Å². The Morgan fingerprint density at radius 2 is 1.74 bits per heavy atom. The molecule has 2 aromatic rings. The van der Waals surface area contributed by atoms with Crippen LogP contribution >= 0.6 is 11.8 Å². The van der Waals surface area contributed by atoms with Crippen LogP contribution in [0, 0.1) is 0 Å². The van der Waals surface area contributed by atoms with Crippen LogP contribution in [0.1, 0.15) is 51.9 Å². The molecule has 0 aliphatic heterocycles. The van der Waals surface area contributed by atoms with Crippen LogP contribution in [0.2, 0.25) is 0 Å². The summed E-state index contributed by atoms with van der Waals surface area (Å²) in [5.41, 5.74) is 2.22. The van der Waals surface area contributed by atoms with Gasteiger partial charge in [0.1, 0.15) is 0 Å². The monoisotopic (exact) mass is 276 g/mol. The SMILES string of the molecule is CCCCCCCCCSc1nc2ccccc2[nH]1. The van der Waals surface area contributed by atoms with Crippen molar-refractivity contribution in [2.45, 2.75) is 57.0 Å². The Morgan fingerprint density at radius 1 is 1.00 bits per heavy atom. The van der Waals surface area contributed by atoms with Gasteiger partial charge in [0.15, 0.2) is 5.16 Å². The molecule has 0 aliphatic carbocycles. The number of thioether (sulfide) groups is 1. The number of imidazole rings is 1. The zero-order chi connectivity index (χ0) is 13.3. The molecule has 0 atom stereocenters. The van der Waals surface area contributed by atoms with Crippen molar-refractivity contribution < 1.29 is 0 Å². The first-order chi connectivity index (χ1) is 9.40. The molecule has 1 N–H and O–H groups in total. The van der Waals surface area contributed by atoms with E-state index in [1.165, 1.54) is 50.7 Å².